The van der Waals surface area contributed by atoms with Crippen molar-refractivity contribution in [3.63, 3.8) is 0 Å². The Kier molecular flexibility index (Phi) is 11.6. The number of aromatic amines is 1. The summed E-state index contributed by atoms with van der Waals surface area (Å²) in [5, 5.41) is 13.3. The minimum absolute atomic E-state index is 0.0301. The Hall–Kier alpha value is -5.93. The van der Waals surface area contributed by atoms with Crippen LogP contribution in [0.4, 0.5) is 26.0 Å². The number of nitrogens with zero attached hydrogens (tertiary/aromatic N) is 5. The molecule has 59 heavy (non-hydrogen) atoms. The summed E-state index contributed by atoms with van der Waals surface area (Å²) >= 11 is 7.24. The maximum absolute atomic E-state index is 15.2. The van der Waals surface area contributed by atoms with E-state index in [1.165, 1.54) is 36.9 Å². The first-order valence-corrected chi connectivity index (χ1v) is 20.7. The number of piperidine rings is 1. The van der Waals surface area contributed by atoms with Crippen LogP contribution in [-0.2, 0) is 4.79 Å². The monoisotopic (exact) mass is 816 g/mol. The number of nitriles is 1. The molecule has 4 atom stereocenters. The lowest BCUT2D eigenvalue weighted by molar-refractivity contribution is -0.118. The van der Waals surface area contributed by atoms with Crippen LogP contribution >= 0.6 is 11.6 Å². The zero-order valence-corrected chi connectivity index (χ0v) is 33.7. The molecule has 3 aromatic carbocycles. The summed E-state index contributed by atoms with van der Waals surface area (Å²) in [5.74, 6) is -1.24. The van der Waals surface area contributed by atoms with Crippen molar-refractivity contribution >= 4 is 40.6 Å². The number of primary amides is 1. The fourth-order valence-corrected chi connectivity index (χ4v) is 9.89. The van der Waals surface area contributed by atoms with E-state index in [-0.39, 0.29) is 52.6 Å². The summed E-state index contributed by atoms with van der Waals surface area (Å²) in [6, 6.07) is 22.4. The van der Waals surface area contributed by atoms with Crippen molar-refractivity contribution in [3.8, 4) is 17.2 Å². The summed E-state index contributed by atoms with van der Waals surface area (Å²) < 4.78 is 29.8. The SMILES string of the molecule is Cc1cccc(F)c1-c1c(C(=O)N[C@@H](CC(N)=O)c2ccc(C3CCN(c4cccc(F)c4)[C@H]4CCN(c5cc(N6CCCCCC6)ccn5)[C@@H]34)c(Cl)c2)c[nH]c1C#N. The number of H-pyrrole nitrogens is 1. The van der Waals surface area contributed by atoms with Gasteiger partial charge < -0.3 is 30.7 Å². The Labute approximate surface area is 348 Å². The summed E-state index contributed by atoms with van der Waals surface area (Å²) in [6.07, 6.45) is 9.42. The molecule has 0 saturated carbocycles. The van der Waals surface area contributed by atoms with Gasteiger partial charge in [0, 0.05) is 78.1 Å². The van der Waals surface area contributed by atoms with Gasteiger partial charge in [-0.2, -0.15) is 5.26 Å². The maximum atomic E-state index is 15.2. The molecule has 3 fully saturated rings. The number of aromatic nitrogens is 2. The van der Waals surface area contributed by atoms with Crippen molar-refractivity contribution in [3.05, 3.63) is 130 Å². The molecule has 5 aromatic rings. The average Bonchev–Trinajstić information content (AvgIpc) is 3.76. The van der Waals surface area contributed by atoms with Crippen molar-refractivity contribution in [1.29, 1.82) is 5.26 Å². The van der Waals surface area contributed by atoms with Crippen molar-refractivity contribution in [2.75, 3.05) is 40.9 Å². The van der Waals surface area contributed by atoms with E-state index in [4.69, 9.17) is 22.3 Å². The molecule has 0 aliphatic carbocycles. The molecule has 3 saturated heterocycles. The summed E-state index contributed by atoms with van der Waals surface area (Å²) in [7, 11) is 0. The van der Waals surface area contributed by atoms with Gasteiger partial charge in [0.15, 0.2) is 0 Å². The van der Waals surface area contributed by atoms with Gasteiger partial charge in [0.2, 0.25) is 5.91 Å². The Bertz CT molecular complexity index is 2390. The molecule has 8 rings (SSSR count). The van der Waals surface area contributed by atoms with E-state index >= 15 is 4.39 Å². The molecule has 0 spiro atoms. The van der Waals surface area contributed by atoms with Gasteiger partial charge in [-0.05, 0) is 85.7 Å². The van der Waals surface area contributed by atoms with Crippen LogP contribution in [0.1, 0.15) is 89.6 Å². The molecule has 2 aromatic heterocycles. The van der Waals surface area contributed by atoms with Crippen LogP contribution in [0.3, 0.4) is 0 Å². The number of amides is 2. The molecule has 13 heteroatoms. The third kappa shape index (κ3) is 8.08. The van der Waals surface area contributed by atoms with Crippen LogP contribution in [-0.4, -0.2) is 60.0 Å². The number of rotatable bonds is 10. The van der Waals surface area contributed by atoms with Crippen LogP contribution in [0.25, 0.3) is 11.1 Å². The number of benzene rings is 3. The number of carbonyl (C=O) groups is 2. The van der Waals surface area contributed by atoms with Crippen LogP contribution in [0, 0.1) is 29.9 Å². The van der Waals surface area contributed by atoms with E-state index in [0.717, 1.165) is 62.4 Å². The topological polar surface area (TPSA) is 134 Å². The Morgan fingerprint density at radius 1 is 0.949 bits per heavy atom. The lowest BCUT2D eigenvalue weighted by atomic mass is 9.80. The molecule has 5 heterocycles. The number of aryl methyl sites for hydroxylation is 1. The molecule has 4 N–H and O–H groups in total. The Morgan fingerprint density at radius 2 is 1.73 bits per heavy atom. The van der Waals surface area contributed by atoms with Crippen LogP contribution in [0.2, 0.25) is 5.02 Å². The minimum atomic E-state index is -0.877. The van der Waals surface area contributed by atoms with E-state index < -0.39 is 23.7 Å². The van der Waals surface area contributed by atoms with Crippen LogP contribution < -0.4 is 25.8 Å². The van der Waals surface area contributed by atoms with E-state index in [9.17, 15) is 19.2 Å². The molecule has 304 valence electrons. The smallest absolute Gasteiger partial charge is 0.253 e. The van der Waals surface area contributed by atoms with Gasteiger partial charge in [-0.25, -0.2) is 13.8 Å². The number of anilines is 3. The molecule has 2 amide bonds. The third-order valence-corrected chi connectivity index (χ3v) is 12.6. The van der Waals surface area contributed by atoms with Crippen molar-refractivity contribution in [1.82, 2.24) is 15.3 Å². The quantitative estimate of drug-likeness (QED) is 0.129. The number of nitrogens with two attached hydrogens (primary N) is 1. The molecule has 3 aliphatic heterocycles. The van der Waals surface area contributed by atoms with Crippen LogP contribution in [0.15, 0.2) is 85.2 Å². The number of fused-ring (bicyclic) bond motifs is 1. The van der Waals surface area contributed by atoms with E-state index in [1.54, 1.807) is 37.3 Å². The molecule has 0 radical (unpaired) electrons. The van der Waals surface area contributed by atoms with Gasteiger partial charge in [-0.1, -0.05) is 54.8 Å². The number of nitrogens with one attached hydrogen (secondary N) is 2. The highest BCUT2D eigenvalue weighted by Gasteiger charge is 2.47. The van der Waals surface area contributed by atoms with Gasteiger partial charge in [0.1, 0.15) is 29.2 Å². The zero-order chi connectivity index (χ0) is 41.2. The first-order valence-electron chi connectivity index (χ1n) is 20.4. The second kappa shape index (κ2) is 17.1. The van der Waals surface area contributed by atoms with Crippen molar-refractivity contribution in [2.45, 2.75) is 75.9 Å². The van der Waals surface area contributed by atoms with Gasteiger partial charge in [0.05, 0.1) is 30.1 Å². The van der Waals surface area contributed by atoms with E-state index in [1.807, 2.05) is 30.5 Å². The average molecular weight is 817 g/mol. The van der Waals surface area contributed by atoms with Gasteiger partial charge in [0.25, 0.3) is 5.91 Å². The first kappa shape index (κ1) is 39.9. The zero-order valence-electron chi connectivity index (χ0n) is 32.9. The number of hydrogen-bond acceptors (Lipinski definition) is 7. The molecular weight excluding hydrogens is 770 g/mol. The normalized spacial score (nSPS) is 19.8. The summed E-state index contributed by atoms with van der Waals surface area (Å²) in [5.41, 5.74) is 10.1. The predicted molar refractivity (Wildman–Crippen MR) is 227 cm³/mol. The third-order valence-electron chi connectivity index (χ3n) is 12.3. The summed E-state index contributed by atoms with van der Waals surface area (Å²) in [4.78, 5) is 41.3. The number of pyridine rings is 1. The van der Waals surface area contributed by atoms with Crippen LogP contribution in [0.5, 0.6) is 0 Å². The highest BCUT2D eigenvalue weighted by atomic mass is 35.5. The molecular formula is C46H47ClF2N8O2. The Balaban J connectivity index is 1.12. The van der Waals surface area contributed by atoms with E-state index in [2.05, 4.69) is 37.1 Å². The fourth-order valence-electron chi connectivity index (χ4n) is 9.56. The first-order chi connectivity index (χ1) is 28.6. The molecule has 0 bridgehead atoms. The predicted octanol–water partition coefficient (Wildman–Crippen LogP) is 8.56. The van der Waals surface area contributed by atoms with Gasteiger partial charge in [-0.3, -0.25) is 9.59 Å². The largest absolute Gasteiger partial charge is 0.371 e. The Morgan fingerprint density at radius 3 is 2.46 bits per heavy atom. The summed E-state index contributed by atoms with van der Waals surface area (Å²) in [6.45, 7) is 5.19. The number of carbonyl (C=O) groups excluding carboxylic acids is 2. The second-order valence-electron chi connectivity index (χ2n) is 15.9. The van der Waals surface area contributed by atoms with Crippen molar-refractivity contribution in [2.24, 2.45) is 5.73 Å². The standard InChI is InChI=1S/C46H47ClF2N8O2/c1-28-8-6-11-37(49)43(28)44-35(27-53-39(44)26-50)46(59)54-38(25-41(51)58)29-12-13-33(36(47)22-29)34-15-20-56(32-10-7-9-30(48)23-32)40-16-21-57(45(34)40)42-24-31(14-17-52-42)55-18-4-2-3-5-19-55/h6-14,17,22-24,27,34,38,40,45,53H,2-5,15-16,18-21,25H2,1H3,(H2,51,58)(H,54,59)/t34?,38-,40-,45-/m0/s1. The highest BCUT2D eigenvalue weighted by Crippen LogP contribution is 2.46. The molecule has 10 nitrogen and oxygen atoms in total. The molecule has 3 aliphatic rings. The molecule has 1 unspecified atom stereocenters. The fraction of sp³-hybridized carbons (Fsp3) is 0.348. The minimum Gasteiger partial charge on any atom is -0.371 e. The second-order valence-corrected chi connectivity index (χ2v) is 16.3. The maximum Gasteiger partial charge on any atom is 0.253 e. The van der Waals surface area contributed by atoms with E-state index in [0.29, 0.717) is 22.7 Å². The number of halogens is 3. The van der Waals surface area contributed by atoms with Gasteiger partial charge >= 0.3 is 0 Å². The van der Waals surface area contributed by atoms with Gasteiger partial charge in [-0.15, -0.1) is 0 Å². The van der Waals surface area contributed by atoms with Crippen molar-refractivity contribution < 1.29 is 18.4 Å². The lowest BCUT2D eigenvalue weighted by Gasteiger charge is -2.46. The lowest BCUT2D eigenvalue weighted by Crippen LogP contribution is -2.54. The highest BCUT2D eigenvalue weighted by molar-refractivity contribution is 6.31. The number of hydrogen-bond donors (Lipinski definition) is 3.